The molecule has 0 bridgehead atoms. The molecular formula is C16H21N3OS. The first-order valence-corrected chi connectivity index (χ1v) is 7.92. The van der Waals surface area contributed by atoms with Crippen molar-refractivity contribution in [2.75, 3.05) is 5.32 Å². The predicted molar refractivity (Wildman–Crippen MR) is 88.3 cm³/mol. The monoisotopic (exact) mass is 303 g/mol. The number of benzene rings is 1. The van der Waals surface area contributed by atoms with E-state index in [-0.39, 0.29) is 5.91 Å². The highest BCUT2D eigenvalue weighted by atomic mass is 32.1. The summed E-state index contributed by atoms with van der Waals surface area (Å²) in [6, 6.07) is 7.66. The van der Waals surface area contributed by atoms with Crippen LogP contribution in [0.4, 0.5) is 5.13 Å². The molecule has 3 N–H and O–H groups in total. The summed E-state index contributed by atoms with van der Waals surface area (Å²) < 4.78 is 0. The molecule has 1 aromatic heterocycles. The van der Waals surface area contributed by atoms with E-state index in [9.17, 15) is 4.79 Å². The third-order valence-corrected chi connectivity index (χ3v) is 3.90. The molecule has 0 aliphatic carbocycles. The van der Waals surface area contributed by atoms with Crippen molar-refractivity contribution < 1.29 is 4.79 Å². The number of hydrogen-bond donors (Lipinski definition) is 2. The van der Waals surface area contributed by atoms with E-state index in [2.05, 4.69) is 10.3 Å². The summed E-state index contributed by atoms with van der Waals surface area (Å²) in [5, 5.41) is 5.32. The second kappa shape index (κ2) is 6.83. The van der Waals surface area contributed by atoms with E-state index in [1.807, 2.05) is 50.4 Å². The van der Waals surface area contributed by atoms with E-state index in [0.29, 0.717) is 17.5 Å². The zero-order valence-electron chi connectivity index (χ0n) is 12.6. The Balaban J connectivity index is 2.03. The van der Waals surface area contributed by atoms with Crippen molar-refractivity contribution in [2.24, 2.45) is 11.7 Å². The number of carbonyl (C=O) groups excluding carboxylic acids is 1. The minimum Gasteiger partial charge on any atom is -0.320 e. The van der Waals surface area contributed by atoms with Gasteiger partial charge in [-0.3, -0.25) is 4.79 Å². The van der Waals surface area contributed by atoms with E-state index >= 15 is 0 Å². The van der Waals surface area contributed by atoms with Gasteiger partial charge in [0.05, 0.1) is 11.7 Å². The Kier molecular flexibility index (Phi) is 5.09. The summed E-state index contributed by atoms with van der Waals surface area (Å²) in [7, 11) is 0. The lowest BCUT2D eigenvalue weighted by Crippen LogP contribution is -2.36. The van der Waals surface area contributed by atoms with Gasteiger partial charge in [0.15, 0.2) is 5.13 Å². The van der Waals surface area contributed by atoms with Gasteiger partial charge in [0.1, 0.15) is 0 Å². The van der Waals surface area contributed by atoms with Crippen molar-refractivity contribution in [3.63, 3.8) is 0 Å². The first-order chi connectivity index (χ1) is 9.95. The van der Waals surface area contributed by atoms with E-state index in [0.717, 1.165) is 11.3 Å². The third-order valence-electron chi connectivity index (χ3n) is 3.14. The van der Waals surface area contributed by atoms with Gasteiger partial charge in [-0.2, -0.15) is 0 Å². The molecule has 0 radical (unpaired) electrons. The molecule has 21 heavy (non-hydrogen) atoms. The minimum absolute atomic E-state index is 0.173. The normalized spacial score (nSPS) is 12.4. The number of nitrogens with zero attached hydrogens (tertiary/aromatic N) is 1. The Bertz CT molecular complexity index is 604. The number of aromatic nitrogens is 1. The summed E-state index contributed by atoms with van der Waals surface area (Å²) in [5.41, 5.74) is 8.99. The molecule has 0 saturated heterocycles. The van der Waals surface area contributed by atoms with E-state index in [4.69, 9.17) is 5.73 Å². The van der Waals surface area contributed by atoms with Crippen molar-refractivity contribution in [2.45, 2.75) is 33.2 Å². The Labute approximate surface area is 129 Å². The first-order valence-electron chi connectivity index (χ1n) is 7.04. The van der Waals surface area contributed by atoms with Crippen LogP contribution in [-0.4, -0.2) is 16.9 Å². The fraction of sp³-hybridized carbons (Fsp3) is 0.375. The van der Waals surface area contributed by atoms with Crippen LogP contribution in [0.1, 0.15) is 25.8 Å². The van der Waals surface area contributed by atoms with Crippen LogP contribution in [0, 0.1) is 12.8 Å². The summed E-state index contributed by atoms with van der Waals surface area (Å²) in [5.74, 6) is 0.221. The van der Waals surface area contributed by atoms with Crippen LogP contribution in [-0.2, 0) is 4.79 Å². The molecule has 4 nitrogen and oxygen atoms in total. The van der Waals surface area contributed by atoms with Gasteiger partial charge < -0.3 is 11.1 Å². The summed E-state index contributed by atoms with van der Waals surface area (Å²) in [6.45, 7) is 6.14. The Morgan fingerprint density at radius 1 is 1.33 bits per heavy atom. The van der Waals surface area contributed by atoms with Gasteiger partial charge in [-0.25, -0.2) is 4.98 Å². The summed E-state index contributed by atoms with van der Waals surface area (Å²) in [4.78, 5) is 16.4. The first kappa shape index (κ1) is 15.7. The summed E-state index contributed by atoms with van der Waals surface area (Å²) in [6.07, 6.45) is 0.669. The number of aryl methyl sites for hydroxylation is 1. The van der Waals surface area contributed by atoms with Crippen LogP contribution < -0.4 is 11.1 Å². The zero-order chi connectivity index (χ0) is 15.4. The Morgan fingerprint density at radius 3 is 2.62 bits per heavy atom. The van der Waals surface area contributed by atoms with Crippen molar-refractivity contribution >= 4 is 22.4 Å². The van der Waals surface area contributed by atoms with Gasteiger partial charge in [-0.05, 0) is 19.3 Å². The molecular weight excluding hydrogens is 282 g/mol. The molecule has 0 aliphatic heterocycles. The maximum atomic E-state index is 12.0. The molecule has 1 heterocycles. The molecule has 112 valence electrons. The molecule has 0 fully saturated rings. The smallest absolute Gasteiger partial charge is 0.243 e. The van der Waals surface area contributed by atoms with Crippen molar-refractivity contribution in [3.8, 4) is 11.3 Å². The molecule has 5 heteroatoms. The lowest BCUT2D eigenvalue weighted by atomic mass is 10.0. The van der Waals surface area contributed by atoms with Crippen LogP contribution in [0.25, 0.3) is 11.3 Å². The Hall–Kier alpha value is -1.72. The van der Waals surface area contributed by atoms with Gasteiger partial charge in [0, 0.05) is 10.9 Å². The highest BCUT2D eigenvalue weighted by Crippen LogP contribution is 2.25. The fourth-order valence-corrected chi connectivity index (χ4v) is 2.72. The van der Waals surface area contributed by atoms with Crippen LogP contribution in [0.5, 0.6) is 0 Å². The fourth-order valence-electron chi connectivity index (χ4n) is 2.00. The van der Waals surface area contributed by atoms with Crippen molar-refractivity contribution in [1.29, 1.82) is 0 Å². The lowest BCUT2D eigenvalue weighted by Gasteiger charge is -2.12. The predicted octanol–water partition coefficient (Wildman–Crippen LogP) is 3.43. The van der Waals surface area contributed by atoms with E-state index in [1.165, 1.54) is 16.9 Å². The molecule has 1 aromatic carbocycles. The van der Waals surface area contributed by atoms with Crippen LogP contribution >= 0.6 is 11.3 Å². The number of hydrogen-bond acceptors (Lipinski definition) is 4. The zero-order valence-corrected chi connectivity index (χ0v) is 13.4. The van der Waals surface area contributed by atoms with Gasteiger partial charge >= 0.3 is 0 Å². The molecule has 0 spiro atoms. The van der Waals surface area contributed by atoms with Gasteiger partial charge in [0.25, 0.3) is 0 Å². The molecule has 0 saturated carbocycles. The van der Waals surface area contributed by atoms with Gasteiger partial charge in [-0.15, -0.1) is 11.3 Å². The van der Waals surface area contributed by atoms with Crippen LogP contribution in [0.3, 0.4) is 0 Å². The second-order valence-electron chi connectivity index (χ2n) is 5.63. The van der Waals surface area contributed by atoms with E-state index < -0.39 is 6.04 Å². The molecule has 0 aliphatic rings. The molecule has 1 atom stereocenters. The third kappa shape index (κ3) is 4.37. The SMILES string of the molecule is Cc1ccc(-c2csc(NC(=O)[C@@H](N)CC(C)C)n2)cc1. The van der Waals surface area contributed by atoms with Gasteiger partial charge in [0.2, 0.25) is 5.91 Å². The maximum absolute atomic E-state index is 12.0. The number of nitrogens with two attached hydrogens (primary N) is 1. The number of thiazole rings is 1. The van der Waals surface area contributed by atoms with Crippen molar-refractivity contribution in [1.82, 2.24) is 4.98 Å². The van der Waals surface area contributed by atoms with Crippen molar-refractivity contribution in [3.05, 3.63) is 35.2 Å². The molecule has 0 unspecified atom stereocenters. The number of rotatable bonds is 5. The average Bonchev–Trinajstić information content (AvgIpc) is 2.87. The highest BCUT2D eigenvalue weighted by molar-refractivity contribution is 7.14. The van der Waals surface area contributed by atoms with Crippen LogP contribution in [0.2, 0.25) is 0 Å². The topological polar surface area (TPSA) is 68.0 Å². The number of carbonyl (C=O) groups is 1. The highest BCUT2D eigenvalue weighted by Gasteiger charge is 2.16. The molecule has 2 aromatic rings. The quantitative estimate of drug-likeness (QED) is 0.889. The number of anilines is 1. The molecule has 2 rings (SSSR count). The Morgan fingerprint density at radius 2 is 2.00 bits per heavy atom. The van der Waals surface area contributed by atoms with Gasteiger partial charge in [-0.1, -0.05) is 43.7 Å². The second-order valence-corrected chi connectivity index (χ2v) is 6.49. The average molecular weight is 303 g/mol. The van der Waals surface area contributed by atoms with E-state index in [1.54, 1.807) is 0 Å². The number of nitrogens with one attached hydrogen (secondary N) is 1. The lowest BCUT2D eigenvalue weighted by molar-refractivity contribution is -0.117. The molecule has 1 amide bonds. The summed E-state index contributed by atoms with van der Waals surface area (Å²) >= 11 is 1.41. The minimum atomic E-state index is -0.489. The largest absolute Gasteiger partial charge is 0.320 e. The van der Waals surface area contributed by atoms with Crippen LogP contribution in [0.15, 0.2) is 29.6 Å². The number of amides is 1. The maximum Gasteiger partial charge on any atom is 0.243 e. The standard InChI is InChI=1S/C16H21N3OS/c1-10(2)8-13(17)15(20)19-16-18-14(9-21-16)12-6-4-11(3)5-7-12/h4-7,9-10,13H,8,17H2,1-3H3,(H,18,19,20)/t13-/m0/s1.